The van der Waals surface area contributed by atoms with Gasteiger partial charge in [-0.2, -0.15) is 13.2 Å². The molecule has 0 radical (unpaired) electrons. The highest BCUT2D eigenvalue weighted by Crippen LogP contribution is 2.38. The molecule has 1 aromatic rings. The van der Waals surface area contributed by atoms with Gasteiger partial charge < -0.3 is 15.3 Å². The summed E-state index contributed by atoms with van der Waals surface area (Å²) in [6, 6.07) is 0.348. The SMILES string of the molecule is O=C(O)[C@@H]1CN(C(=O)Nc2cc(Cl)cc(F)c2F)C[C@H]1C(F)(F)F. The fourth-order valence-corrected chi connectivity index (χ4v) is 2.60. The summed E-state index contributed by atoms with van der Waals surface area (Å²) in [4.78, 5) is 23.5. The van der Waals surface area contributed by atoms with Crippen LogP contribution >= 0.6 is 11.6 Å². The Kier molecular flexibility index (Phi) is 4.88. The third-order valence-electron chi connectivity index (χ3n) is 3.58. The van der Waals surface area contributed by atoms with Crippen LogP contribution < -0.4 is 5.32 Å². The van der Waals surface area contributed by atoms with Crippen molar-refractivity contribution in [3.63, 3.8) is 0 Å². The van der Waals surface area contributed by atoms with Crippen LogP contribution in [0.3, 0.4) is 0 Å². The fraction of sp³-hybridized carbons (Fsp3) is 0.385. The number of likely N-dealkylation sites (tertiary alicyclic amines) is 1. The molecule has 0 bridgehead atoms. The van der Waals surface area contributed by atoms with Crippen molar-refractivity contribution in [1.29, 1.82) is 0 Å². The van der Waals surface area contributed by atoms with Gasteiger partial charge in [0.2, 0.25) is 0 Å². The van der Waals surface area contributed by atoms with E-state index in [4.69, 9.17) is 16.7 Å². The molecule has 5 nitrogen and oxygen atoms in total. The number of alkyl halides is 3. The second-order valence-electron chi connectivity index (χ2n) is 5.18. The molecule has 1 heterocycles. The summed E-state index contributed by atoms with van der Waals surface area (Å²) in [6.45, 7) is -1.62. The summed E-state index contributed by atoms with van der Waals surface area (Å²) >= 11 is 5.51. The van der Waals surface area contributed by atoms with E-state index in [1.807, 2.05) is 5.32 Å². The lowest BCUT2D eigenvalue weighted by atomic mass is 9.96. The van der Waals surface area contributed by atoms with Crippen LogP contribution in [0.2, 0.25) is 5.02 Å². The summed E-state index contributed by atoms with van der Waals surface area (Å²) in [5.74, 6) is -8.57. The number of carbonyl (C=O) groups excluding carboxylic acids is 1. The number of hydrogen-bond donors (Lipinski definition) is 2. The Hall–Kier alpha value is -2.10. The molecule has 0 unspecified atom stereocenters. The van der Waals surface area contributed by atoms with E-state index < -0.39 is 60.4 Å². The number of urea groups is 1. The van der Waals surface area contributed by atoms with Crippen molar-refractivity contribution < 1.29 is 36.6 Å². The van der Waals surface area contributed by atoms with Crippen molar-refractivity contribution in [3.05, 3.63) is 28.8 Å². The average molecular weight is 373 g/mol. The zero-order valence-corrected chi connectivity index (χ0v) is 12.5. The molecule has 2 amide bonds. The zero-order valence-electron chi connectivity index (χ0n) is 11.7. The smallest absolute Gasteiger partial charge is 0.394 e. The van der Waals surface area contributed by atoms with Crippen molar-refractivity contribution in [2.75, 3.05) is 18.4 Å². The molecule has 0 aromatic heterocycles. The molecule has 0 saturated carbocycles. The van der Waals surface area contributed by atoms with E-state index in [0.717, 1.165) is 6.07 Å². The predicted molar refractivity (Wildman–Crippen MR) is 72.6 cm³/mol. The highest BCUT2D eigenvalue weighted by Gasteiger charge is 2.53. The number of rotatable bonds is 2. The molecule has 24 heavy (non-hydrogen) atoms. The summed E-state index contributed by atoms with van der Waals surface area (Å²) in [5.41, 5.74) is -0.660. The average Bonchev–Trinajstić information content (AvgIpc) is 2.89. The van der Waals surface area contributed by atoms with Crippen molar-refractivity contribution in [1.82, 2.24) is 4.90 Å². The number of amides is 2. The molecular weight excluding hydrogens is 363 g/mol. The number of anilines is 1. The van der Waals surface area contributed by atoms with Gasteiger partial charge in [0.25, 0.3) is 0 Å². The van der Waals surface area contributed by atoms with E-state index >= 15 is 0 Å². The van der Waals surface area contributed by atoms with Crippen LogP contribution in [-0.2, 0) is 4.79 Å². The summed E-state index contributed by atoms with van der Waals surface area (Å²) in [7, 11) is 0. The van der Waals surface area contributed by atoms with E-state index in [-0.39, 0.29) is 5.02 Å². The molecular formula is C13H10ClF5N2O3. The van der Waals surface area contributed by atoms with E-state index in [1.165, 1.54) is 0 Å². The Labute approximate surface area is 137 Å². The first-order chi connectivity index (χ1) is 11.0. The number of aliphatic carboxylic acids is 1. The van der Waals surface area contributed by atoms with Crippen LogP contribution in [0.4, 0.5) is 32.4 Å². The Morgan fingerprint density at radius 1 is 1.25 bits per heavy atom. The standard InChI is InChI=1S/C13H10ClF5N2O3/c14-5-1-8(15)10(16)9(2-5)20-12(24)21-3-6(11(22)23)7(4-21)13(17,18)19/h1-2,6-7H,3-4H2,(H,20,24)(H,22,23)/t6-,7-/m1/s1. The number of carboxylic acids is 1. The maximum absolute atomic E-state index is 13.6. The molecule has 11 heteroatoms. The molecule has 1 fully saturated rings. The van der Waals surface area contributed by atoms with Gasteiger partial charge in [0.1, 0.15) is 0 Å². The lowest BCUT2D eigenvalue weighted by molar-refractivity contribution is -0.187. The van der Waals surface area contributed by atoms with Crippen LogP contribution in [0.25, 0.3) is 0 Å². The third-order valence-corrected chi connectivity index (χ3v) is 3.80. The predicted octanol–water partition coefficient (Wildman–Crippen LogP) is 3.35. The molecule has 1 aromatic carbocycles. The Bertz CT molecular complexity index is 682. The largest absolute Gasteiger partial charge is 0.481 e. The fourth-order valence-electron chi connectivity index (χ4n) is 2.39. The molecule has 2 N–H and O–H groups in total. The minimum Gasteiger partial charge on any atom is -0.481 e. The zero-order chi connectivity index (χ0) is 18.2. The van der Waals surface area contributed by atoms with Gasteiger partial charge in [-0.1, -0.05) is 11.6 Å². The van der Waals surface area contributed by atoms with Gasteiger partial charge in [0.05, 0.1) is 17.5 Å². The van der Waals surface area contributed by atoms with Crippen molar-refractivity contribution >= 4 is 29.3 Å². The lowest BCUT2D eigenvalue weighted by Gasteiger charge is -2.19. The maximum Gasteiger partial charge on any atom is 0.394 e. The van der Waals surface area contributed by atoms with Gasteiger partial charge in [0.15, 0.2) is 11.6 Å². The summed E-state index contributed by atoms with van der Waals surface area (Å²) in [5, 5.41) is 10.5. The highest BCUT2D eigenvalue weighted by molar-refractivity contribution is 6.30. The molecule has 2 atom stereocenters. The second kappa shape index (κ2) is 6.42. The van der Waals surface area contributed by atoms with Crippen molar-refractivity contribution in [2.24, 2.45) is 11.8 Å². The first kappa shape index (κ1) is 18.2. The molecule has 132 valence electrons. The normalized spacial score (nSPS) is 21.0. The number of carbonyl (C=O) groups is 2. The first-order valence-electron chi connectivity index (χ1n) is 6.50. The first-order valence-corrected chi connectivity index (χ1v) is 6.88. The Morgan fingerprint density at radius 2 is 1.88 bits per heavy atom. The number of halogens is 6. The van der Waals surface area contributed by atoms with Crippen LogP contribution in [0, 0.1) is 23.5 Å². The number of carboxylic acid groups (broad SMARTS) is 1. The van der Waals surface area contributed by atoms with Gasteiger partial charge in [-0.05, 0) is 12.1 Å². The van der Waals surface area contributed by atoms with Gasteiger partial charge in [-0.25, -0.2) is 13.6 Å². The summed E-state index contributed by atoms with van der Waals surface area (Å²) in [6.07, 6.45) is -4.81. The minimum atomic E-state index is -4.81. The Morgan fingerprint density at radius 3 is 2.38 bits per heavy atom. The highest BCUT2D eigenvalue weighted by atomic mass is 35.5. The molecule has 0 spiro atoms. The van der Waals surface area contributed by atoms with Crippen molar-refractivity contribution in [3.8, 4) is 0 Å². The quantitative estimate of drug-likeness (QED) is 0.618. The van der Waals surface area contributed by atoms with E-state index in [1.54, 1.807) is 0 Å². The van der Waals surface area contributed by atoms with E-state index in [2.05, 4.69) is 0 Å². The molecule has 1 aliphatic rings. The van der Waals surface area contributed by atoms with Crippen LogP contribution in [0.5, 0.6) is 0 Å². The molecule has 0 aliphatic carbocycles. The molecule has 1 aliphatic heterocycles. The van der Waals surface area contributed by atoms with Gasteiger partial charge in [0, 0.05) is 18.1 Å². The van der Waals surface area contributed by atoms with Gasteiger partial charge in [-0.3, -0.25) is 4.79 Å². The number of benzene rings is 1. The topological polar surface area (TPSA) is 69.6 Å². The Balaban J connectivity index is 2.18. The minimum absolute atomic E-state index is 0.234. The van der Waals surface area contributed by atoms with Gasteiger partial charge >= 0.3 is 18.2 Å². The van der Waals surface area contributed by atoms with E-state index in [0.29, 0.717) is 11.0 Å². The number of hydrogen-bond acceptors (Lipinski definition) is 2. The molecule has 1 saturated heterocycles. The lowest BCUT2D eigenvalue weighted by Crippen LogP contribution is -2.35. The molecule has 2 rings (SSSR count). The third kappa shape index (κ3) is 3.69. The maximum atomic E-state index is 13.6. The second-order valence-corrected chi connectivity index (χ2v) is 5.61. The monoisotopic (exact) mass is 372 g/mol. The van der Waals surface area contributed by atoms with Crippen molar-refractivity contribution in [2.45, 2.75) is 6.18 Å². The van der Waals surface area contributed by atoms with Crippen LogP contribution in [-0.4, -0.2) is 41.3 Å². The summed E-state index contributed by atoms with van der Waals surface area (Å²) < 4.78 is 65.3. The number of nitrogens with zero attached hydrogens (tertiary/aromatic N) is 1. The van der Waals surface area contributed by atoms with Crippen LogP contribution in [0.1, 0.15) is 0 Å². The van der Waals surface area contributed by atoms with Crippen LogP contribution in [0.15, 0.2) is 12.1 Å². The number of nitrogens with one attached hydrogen (secondary N) is 1. The van der Waals surface area contributed by atoms with E-state index in [9.17, 15) is 31.5 Å². The van der Waals surface area contributed by atoms with Gasteiger partial charge in [-0.15, -0.1) is 0 Å².